The molecule has 1 amide bonds. The highest BCUT2D eigenvalue weighted by Crippen LogP contribution is 2.29. The van der Waals surface area contributed by atoms with Gasteiger partial charge in [-0.05, 0) is 53.8 Å². The highest BCUT2D eigenvalue weighted by Gasteiger charge is 2.30. The van der Waals surface area contributed by atoms with Gasteiger partial charge in [-0.1, -0.05) is 18.2 Å². The molecular formula is C22H19F3N2O4S2. The molecule has 2 heterocycles. The number of rotatable bonds is 6. The number of hydrogen-bond donors (Lipinski definition) is 1. The number of ether oxygens (including phenoxy) is 1. The van der Waals surface area contributed by atoms with Crippen molar-refractivity contribution in [2.75, 3.05) is 18.5 Å². The molecule has 4 rings (SSSR count). The van der Waals surface area contributed by atoms with Crippen LogP contribution in [-0.4, -0.2) is 38.0 Å². The number of para-hydroxylation sites is 2. The average Bonchev–Trinajstić information content (AvgIpc) is 3.26. The maximum Gasteiger partial charge on any atom is 0.422 e. The minimum atomic E-state index is -4.53. The molecule has 0 aliphatic carbocycles. The molecule has 1 N–H and O–H groups in total. The van der Waals surface area contributed by atoms with Crippen molar-refractivity contribution in [2.24, 2.45) is 0 Å². The summed E-state index contributed by atoms with van der Waals surface area (Å²) < 4.78 is 70.0. The van der Waals surface area contributed by atoms with Crippen LogP contribution in [0.3, 0.4) is 0 Å². The van der Waals surface area contributed by atoms with Crippen LogP contribution in [0.1, 0.15) is 20.8 Å². The van der Waals surface area contributed by atoms with Crippen LogP contribution in [0, 0.1) is 0 Å². The third-order valence-corrected chi connectivity index (χ3v) is 7.90. The highest BCUT2D eigenvalue weighted by atomic mass is 32.2. The molecule has 0 unspecified atom stereocenters. The summed E-state index contributed by atoms with van der Waals surface area (Å²) in [6.07, 6.45) is -3.90. The van der Waals surface area contributed by atoms with E-state index in [0.29, 0.717) is 13.0 Å². The van der Waals surface area contributed by atoms with Crippen LogP contribution in [0.15, 0.2) is 64.9 Å². The van der Waals surface area contributed by atoms with E-state index in [1.54, 1.807) is 11.3 Å². The van der Waals surface area contributed by atoms with E-state index in [9.17, 15) is 26.4 Å². The van der Waals surface area contributed by atoms with Crippen molar-refractivity contribution >= 4 is 33.0 Å². The summed E-state index contributed by atoms with van der Waals surface area (Å²) in [5, 5.41) is 4.43. The number of carbonyl (C=O) groups is 1. The molecule has 0 atom stereocenters. The second kappa shape index (κ2) is 9.16. The Hall–Kier alpha value is -2.89. The van der Waals surface area contributed by atoms with Gasteiger partial charge < -0.3 is 10.1 Å². The first-order valence-corrected chi connectivity index (χ1v) is 12.2. The van der Waals surface area contributed by atoms with Crippen LogP contribution in [0.25, 0.3) is 0 Å². The monoisotopic (exact) mass is 496 g/mol. The van der Waals surface area contributed by atoms with Gasteiger partial charge in [0.05, 0.1) is 10.6 Å². The highest BCUT2D eigenvalue weighted by molar-refractivity contribution is 7.89. The quantitative estimate of drug-likeness (QED) is 0.537. The zero-order valence-electron chi connectivity index (χ0n) is 17.1. The molecule has 0 saturated heterocycles. The zero-order chi connectivity index (χ0) is 23.6. The van der Waals surface area contributed by atoms with Crippen LogP contribution in [0.2, 0.25) is 0 Å². The molecule has 11 heteroatoms. The molecule has 0 saturated carbocycles. The van der Waals surface area contributed by atoms with Gasteiger partial charge in [0.25, 0.3) is 5.91 Å². The lowest BCUT2D eigenvalue weighted by Gasteiger charge is -2.26. The SMILES string of the molecule is O=C(Nc1ccccc1OCC(F)(F)F)c1cccc(S(=O)(=O)N2CCc3sccc3C2)c1. The Morgan fingerprint density at radius 3 is 2.70 bits per heavy atom. The molecule has 2 aromatic carbocycles. The Bertz CT molecular complexity index is 1270. The smallest absolute Gasteiger partial charge is 0.422 e. The number of thiophene rings is 1. The van der Waals surface area contributed by atoms with E-state index in [0.717, 1.165) is 5.56 Å². The Morgan fingerprint density at radius 2 is 1.91 bits per heavy atom. The van der Waals surface area contributed by atoms with E-state index in [-0.39, 0.29) is 28.4 Å². The normalized spacial score (nSPS) is 14.5. The molecule has 0 fully saturated rings. The summed E-state index contributed by atoms with van der Waals surface area (Å²) in [6.45, 7) is -0.896. The Kier molecular flexibility index (Phi) is 6.46. The average molecular weight is 497 g/mol. The molecule has 0 spiro atoms. The van der Waals surface area contributed by atoms with E-state index < -0.39 is 28.7 Å². The first-order valence-electron chi connectivity index (χ1n) is 9.89. The lowest BCUT2D eigenvalue weighted by Crippen LogP contribution is -2.35. The topological polar surface area (TPSA) is 75.7 Å². The van der Waals surface area contributed by atoms with Gasteiger partial charge in [-0.15, -0.1) is 11.3 Å². The largest absolute Gasteiger partial charge is 0.482 e. The van der Waals surface area contributed by atoms with Crippen molar-refractivity contribution in [1.82, 2.24) is 4.31 Å². The van der Waals surface area contributed by atoms with Gasteiger partial charge in [-0.2, -0.15) is 17.5 Å². The summed E-state index contributed by atoms with van der Waals surface area (Å²) in [6, 6.07) is 13.2. The summed E-state index contributed by atoms with van der Waals surface area (Å²) in [7, 11) is -3.84. The molecule has 3 aromatic rings. The second-order valence-corrected chi connectivity index (χ2v) is 10.3. The maximum atomic E-state index is 13.2. The van der Waals surface area contributed by atoms with Gasteiger partial charge in [0, 0.05) is 23.5 Å². The van der Waals surface area contributed by atoms with Crippen molar-refractivity contribution in [1.29, 1.82) is 0 Å². The molecule has 174 valence electrons. The molecule has 1 aromatic heterocycles. The van der Waals surface area contributed by atoms with E-state index in [1.807, 2.05) is 11.4 Å². The number of hydrogen-bond acceptors (Lipinski definition) is 5. The van der Waals surface area contributed by atoms with Gasteiger partial charge in [0.15, 0.2) is 6.61 Å². The molecule has 0 radical (unpaired) electrons. The van der Waals surface area contributed by atoms with Crippen LogP contribution in [-0.2, 0) is 23.0 Å². The number of alkyl halides is 3. The van der Waals surface area contributed by atoms with Crippen LogP contribution in [0.4, 0.5) is 18.9 Å². The Balaban J connectivity index is 1.52. The molecule has 1 aliphatic heterocycles. The van der Waals surface area contributed by atoms with E-state index in [2.05, 4.69) is 5.32 Å². The minimum Gasteiger partial charge on any atom is -0.482 e. The predicted molar refractivity (Wildman–Crippen MR) is 118 cm³/mol. The first kappa shape index (κ1) is 23.3. The van der Waals surface area contributed by atoms with Crippen molar-refractivity contribution in [2.45, 2.75) is 24.0 Å². The first-order chi connectivity index (χ1) is 15.6. The van der Waals surface area contributed by atoms with Gasteiger partial charge in [0.2, 0.25) is 10.0 Å². The summed E-state index contributed by atoms with van der Waals surface area (Å²) in [5.41, 5.74) is 1.06. The number of halogens is 3. The summed E-state index contributed by atoms with van der Waals surface area (Å²) in [5.74, 6) is -0.819. The Labute approximate surface area is 192 Å². The standard InChI is InChI=1S/C22H19F3N2O4S2/c23-22(24,25)14-31-19-7-2-1-6-18(19)26-21(28)15-4-3-5-17(12-15)33(29,30)27-10-8-20-16(13-27)9-11-32-20/h1-7,9,11-12H,8,10,13-14H2,(H,26,28). The fourth-order valence-electron chi connectivity index (χ4n) is 3.42. The lowest BCUT2D eigenvalue weighted by atomic mass is 10.1. The van der Waals surface area contributed by atoms with Crippen LogP contribution < -0.4 is 10.1 Å². The van der Waals surface area contributed by atoms with Gasteiger partial charge in [-0.25, -0.2) is 8.42 Å². The number of amides is 1. The molecule has 1 aliphatic rings. The number of sulfonamides is 1. The van der Waals surface area contributed by atoms with E-state index in [4.69, 9.17) is 4.74 Å². The van der Waals surface area contributed by atoms with E-state index in [1.165, 1.54) is 57.7 Å². The summed E-state index contributed by atoms with van der Waals surface area (Å²) in [4.78, 5) is 13.9. The maximum absolute atomic E-state index is 13.2. The number of nitrogens with zero attached hydrogens (tertiary/aromatic N) is 1. The number of carbonyl (C=O) groups excluding carboxylic acids is 1. The third-order valence-electron chi connectivity index (χ3n) is 5.03. The van der Waals surface area contributed by atoms with Crippen LogP contribution in [0.5, 0.6) is 5.75 Å². The third kappa shape index (κ3) is 5.37. The zero-order valence-corrected chi connectivity index (χ0v) is 18.8. The van der Waals surface area contributed by atoms with Crippen molar-refractivity contribution in [3.05, 3.63) is 76.0 Å². The number of benzene rings is 2. The molecular weight excluding hydrogens is 477 g/mol. The lowest BCUT2D eigenvalue weighted by molar-refractivity contribution is -0.153. The fraction of sp³-hybridized carbons (Fsp3) is 0.227. The van der Waals surface area contributed by atoms with Crippen molar-refractivity contribution < 1.29 is 31.1 Å². The van der Waals surface area contributed by atoms with Gasteiger partial charge >= 0.3 is 6.18 Å². The molecule has 33 heavy (non-hydrogen) atoms. The minimum absolute atomic E-state index is 0.0320. The number of fused-ring (bicyclic) bond motifs is 1. The van der Waals surface area contributed by atoms with Crippen molar-refractivity contribution in [3.63, 3.8) is 0 Å². The van der Waals surface area contributed by atoms with Crippen molar-refractivity contribution in [3.8, 4) is 5.75 Å². The number of nitrogens with one attached hydrogen (secondary N) is 1. The van der Waals surface area contributed by atoms with Gasteiger partial charge in [-0.3, -0.25) is 4.79 Å². The second-order valence-electron chi connectivity index (χ2n) is 7.34. The summed E-state index contributed by atoms with van der Waals surface area (Å²) >= 11 is 1.60. The van der Waals surface area contributed by atoms with Gasteiger partial charge in [0.1, 0.15) is 5.75 Å². The fourth-order valence-corrected chi connectivity index (χ4v) is 5.78. The molecule has 0 bridgehead atoms. The van der Waals surface area contributed by atoms with E-state index >= 15 is 0 Å². The number of anilines is 1. The molecule has 6 nitrogen and oxygen atoms in total. The van der Waals surface area contributed by atoms with Crippen LogP contribution >= 0.6 is 11.3 Å². The predicted octanol–water partition coefficient (Wildman–Crippen LogP) is 4.69. The Morgan fingerprint density at radius 1 is 1.12 bits per heavy atom.